The number of hydrogen-bond donors (Lipinski definition) is 1. The molecule has 2 heterocycles. The second-order valence-electron chi connectivity index (χ2n) is 4.66. The molecule has 6 heteroatoms. The molecule has 2 aromatic heterocycles. The molecule has 0 aliphatic carbocycles. The normalized spacial score (nSPS) is 10.7. The predicted octanol–water partition coefficient (Wildman–Crippen LogP) is 1.78. The molecular formula is C14H20N6. The minimum atomic E-state index is 0.470. The molecule has 0 aliphatic rings. The zero-order valence-electron chi connectivity index (χ0n) is 11.6. The average molecular weight is 272 g/mol. The van der Waals surface area contributed by atoms with Crippen molar-refractivity contribution in [1.29, 1.82) is 0 Å². The lowest BCUT2D eigenvalue weighted by atomic mass is 10.1. The summed E-state index contributed by atoms with van der Waals surface area (Å²) in [5, 5.41) is 16.4. The van der Waals surface area contributed by atoms with Crippen LogP contribution in [0.25, 0.3) is 11.5 Å². The minimum absolute atomic E-state index is 0.470. The van der Waals surface area contributed by atoms with Crippen LogP contribution in [0.3, 0.4) is 0 Å². The number of hydrogen-bond acceptors (Lipinski definition) is 6. The van der Waals surface area contributed by atoms with Gasteiger partial charge in [0.1, 0.15) is 5.69 Å². The summed E-state index contributed by atoms with van der Waals surface area (Å²) in [5.41, 5.74) is 6.15. The van der Waals surface area contributed by atoms with Gasteiger partial charge >= 0.3 is 0 Å². The van der Waals surface area contributed by atoms with Gasteiger partial charge in [-0.15, -0.1) is 20.4 Å². The van der Waals surface area contributed by atoms with Crippen LogP contribution in [0, 0.1) is 0 Å². The van der Waals surface area contributed by atoms with Crippen LogP contribution >= 0.6 is 0 Å². The number of rotatable bonds is 8. The van der Waals surface area contributed by atoms with Gasteiger partial charge in [0.2, 0.25) is 5.82 Å². The molecular weight excluding hydrogens is 252 g/mol. The van der Waals surface area contributed by atoms with Crippen molar-refractivity contribution in [2.24, 2.45) is 5.73 Å². The second-order valence-corrected chi connectivity index (χ2v) is 4.66. The van der Waals surface area contributed by atoms with Crippen molar-refractivity contribution < 1.29 is 0 Å². The zero-order valence-corrected chi connectivity index (χ0v) is 11.6. The molecule has 0 aromatic carbocycles. The molecule has 0 unspecified atom stereocenters. The van der Waals surface area contributed by atoms with E-state index in [1.807, 2.05) is 18.2 Å². The van der Waals surface area contributed by atoms with Crippen LogP contribution in [0.1, 0.15) is 37.9 Å². The molecule has 0 bridgehead atoms. The fourth-order valence-corrected chi connectivity index (χ4v) is 1.91. The lowest BCUT2D eigenvalue weighted by molar-refractivity contribution is 0.602. The summed E-state index contributed by atoms with van der Waals surface area (Å²) < 4.78 is 0. The van der Waals surface area contributed by atoms with E-state index in [-0.39, 0.29) is 0 Å². The quantitative estimate of drug-likeness (QED) is 0.737. The molecule has 0 fully saturated rings. The Hall–Kier alpha value is -1.95. The maximum Gasteiger partial charge on any atom is 0.221 e. The van der Waals surface area contributed by atoms with Gasteiger partial charge in [-0.1, -0.05) is 25.3 Å². The smallest absolute Gasteiger partial charge is 0.221 e. The van der Waals surface area contributed by atoms with Crippen LogP contribution in [0.2, 0.25) is 0 Å². The van der Waals surface area contributed by atoms with Gasteiger partial charge in [-0.25, -0.2) is 0 Å². The van der Waals surface area contributed by atoms with Crippen LogP contribution in [0.5, 0.6) is 0 Å². The molecule has 2 N–H and O–H groups in total. The fourth-order valence-electron chi connectivity index (χ4n) is 1.91. The van der Waals surface area contributed by atoms with Gasteiger partial charge in [0.15, 0.2) is 5.82 Å². The molecule has 0 atom stereocenters. The van der Waals surface area contributed by atoms with Crippen LogP contribution in [-0.4, -0.2) is 31.9 Å². The third kappa shape index (κ3) is 4.62. The van der Waals surface area contributed by atoms with Gasteiger partial charge in [-0.3, -0.25) is 4.98 Å². The minimum Gasteiger partial charge on any atom is -0.330 e. The third-order valence-electron chi connectivity index (χ3n) is 3.02. The van der Waals surface area contributed by atoms with E-state index >= 15 is 0 Å². The topological polar surface area (TPSA) is 90.5 Å². The summed E-state index contributed by atoms with van der Waals surface area (Å²) >= 11 is 0. The summed E-state index contributed by atoms with van der Waals surface area (Å²) in [5.74, 6) is 1.17. The van der Waals surface area contributed by atoms with Crippen LogP contribution in [0.15, 0.2) is 24.4 Å². The summed E-state index contributed by atoms with van der Waals surface area (Å²) in [6.07, 6.45) is 8.29. The molecule has 0 saturated carbocycles. The Balaban J connectivity index is 1.77. The van der Waals surface area contributed by atoms with E-state index < -0.39 is 0 Å². The molecule has 0 saturated heterocycles. The molecule has 0 spiro atoms. The highest BCUT2D eigenvalue weighted by molar-refractivity contribution is 5.46. The Kier molecular flexibility index (Phi) is 5.98. The maximum atomic E-state index is 5.45. The first kappa shape index (κ1) is 14.5. The van der Waals surface area contributed by atoms with Crippen molar-refractivity contribution in [2.75, 3.05) is 6.54 Å². The summed E-state index contributed by atoms with van der Waals surface area (Å²) in [7, 11) is 0. The first-order valence-corrected chi connectivity index (χ1v) is 7.08. The lowest BCUT2D eigenvalue weighted by Gasteiger charge is -2.00. The van der Waals surface area contributed by atoms with E-state index in [4.69, 9.17) is 5.73 Å². The van der Waals surface area contributed by atoms with Gasteiger partial charge in [0.05, 0.1) is 0 Å². The van der Waals surface area contributed by atoms with E-state index in [1.54, 1.807) is 6.20 Å². The van der Waals surface area contributed by atoms with E-state index in [1.165, 1.54) is 19.3 Å². The SMILES string of the molecule is NCCCCCCCc1nnc(-c2ccccn2)nn1. The number of aryl methyl sites for hydroxylation is 1. The van der Waals surface area contributed by atoms with Crippen molar-refractivity contribution in [1.82, 2.24) is 25.4 Å². The van der Waals surface area contributed by atoms with E-state index in [2.05, 4.69) is 25.4 Å². The van der Waals surface area contributed by atoms with Crippen molar-refractivity contribution in [2.45, 2.75) is 38.5 Å². The Morgan fingerprint density at radius 2 is 1.60 bits per heavy atom. The van der Waals surface area contributed by atoms with Gasteiger partial charge in [-0.2, -0.15) is 0 Å². The number of nitrogens with zero attached hydrogens (tertiary/aromatic N) is 5. The Bertz CT molecular complexity index is 485. The zero-order chi connectivity index (χ0) is 14.0. The third-order valence-corrected chi connectivity index (χ3v) is 3.02. The molecule has 0 amide bonds. The highest BCUT2D eigenvalue weighted by atomic mass is 15.3. The first-order chi connectivity index (χ1) is 9.90. The molecule has 6 nitrogen and oxygen atoms in total. The van der Waals surface area contributed by atoms with E-state index in [0.29, 0.717) is 17.3 Å². The Morgan fingerprint density at radius 1 is 0.850 bits per heavy atom. The number of nitrogens with two attached hydrogens (primary N) is 1. The largest absolute Gasteiger partial charge is 0.330 e. The van der Waals surface area contributed by atoms with Crippen LogP contribution in [-0.2, 0) is 6.42 Å². The van der Waals surface area contributed by atoms with Gasteiger partial charge in [0.25, 0.3) is 0 Å². The molecule has 2 aromatic rings. The summed E-state index contributed by atoms with van der Waals surface area (Å²) in [4.78, 5) is 4.17. The molecule has 20 heavy (non-hydrogen) atoms. The van der Waals surface area contributed by atoms with Gasteiger partial charge < -0.3 is 5.73 Å². The standard InChI is InChI=1S/C14H20N6/c15-10-6-3-1-2-4-9-13-17-19-14(20-18-13)12-8-5-7-11-16-12/h5,7-8,11H,1-4,6,9-10,15H2. The highest BCUT2D eigenvalue weighted by Crippen LogP contribution is 2.08. The van der Waals surface area contributed by atoms with Crippen molar-refractivity contribution in [3.8, 4) is 11.5 Å². The highest BCUT2D eigenvalue weighted by Gasteiger charge is 2.04. The second kappa shape index (κ2) is 8.27. The Labute approximate surface area is 118 Å². The molecule has 106 valence electrons. The lowest BCUT2D eigenvalue weighted by Crippen LogP contribution is -2.03. The number of unbranched alkanes of at least 4 members (excludes halogenated alkanes) is 4. The van der Waals surface area contributed by atoms with Crippen LogP contribution < -0.4 is 5.73 Å². The maximum absolute atomic E-state index is 5.45. The van der Waals surface area contributed by atoms with Crippen molar-refractivity contribution >= 4 is 0 Å². The first-order valence-electron chi connectivity index (χ1n) is 7.08. The fraction of sp³-hybridized carbons (Fsp3) is 0.500. The van der Waals surface area contributed by atoms with Gasteiger partial charge in [0, 0.05) is 12.6 Å². The van der Waals surface area contributed by atoms with Crippen molar-refractivity contribution in [3.05, 3.63) is 30.2 Å². The van der Waals surface area contributed by atoms with E-state index in [0.717, 1.165) is 25.8 Å². The molecule has 0 aliphatic heterocycles. The summed E-state index contributed by atoms with van der Waals surface area (Å²) in [6.45, 7) is 0.784. The monoisotopic (exact) mass is 272 g/mol. The van der Waals surface area contributed by atoms with Crippen LogP contribution in [0.4, 0.5) is 0 Å². The molecule has 2 rings (SSSR count). The number of pyridine rings is 1. The van der Waals surface area contributed by atoms with E-state index in [9.17, 15) is 0 Å². The van der Waals surface area contributed by atoms with Crippen molar-refractivity contribution in [3.63, 3.8) is 0 Å². The predicted molar refractivity (Wildman–Crippen MR) is 76.7 cm³/mol. The number of aromatic nitrogens is 5. The summed E-state index contributed by atoms with van der Waals surface area (Å²) in [6, 6.07) is 5.58. The Morgan fingerprint density at radius 3 is 2.30 bits per heavy atom. The molecule has 0 radical (unpaired) electrons. The average Bonchev–Trinajstić information content (AvgIpc) is 2.52. The van der Waals surface area contributed by atoms with Gasteiger partial charge in [-0.05, 0) is 31.5 Å².